The molecule has 2 aliphatic rings. The number of ether oxygens (including phenoxy) is 1. The highest BCUT2D eigenvalue weighted by molar-refractivity contribution is 7.89. The van der Waals surface area contributed by atoms with Gasteiger partial charge >= 0.3 is 0 Å². The molecule has 0 N–H and O–H groups in total. The summed E-state index contributed by atoms with van der Waals surface area (Å²) in [6.45, 7) is 4.73. The summed E-state index contributed by atoms with van der Waals surface area (Å²) in [6.07, 6.45) is 1.25. The summed E-state index contributed by atoms with van der Waals surface area (Å²) >= 11 is 1.61. The van der Waals surface area contributed by atoms with Crippen LogP contribution in [-0.2, 0) is 14.8 Å². The number of nitrogens with zero attached hydrogens (tertiary/aromatic N) is 4. The van der Waals surface area contributed by atoms with Crippen molar-refractivity contribution < 1.29 is 17.9 Å². The van der Waals surface area contributed by atoms with Gasteiger partial charge in [0.2, 0.25) is 15.9 Å². The summed E-state index contributed by atoms with van der Waals surface area (Å²) in [5, 5.41) is 0.930. The van der Waals surface area contributed by atoms with Crippen LogP contribution >= 0.6 is 11.3 Å². The molecule has 2 fully saturated rings. The third-order valence-corrected chi connectivity index (χ3v) is 9.56. The zero-order valence-corrected chi connectivity index (χ0v) is 20.9. The molecule has 1 aromatic heterocycles. The summed E-state index contributed by atoms with van der Waals surface area (Å²) in [4.78, 5) is 22.4. The monoisotopic (exact) mass is 500 g/mol. The molecule has 0 saturated carbocycles. The minimum Gasteiger partial charge on any atom is -0.497 e. The Morgan fingerprint density at radius 3 is 2.50 bits per heavy atom. The summed E-state index contributed by atoms with van der Waals surface area (Å²) < 4.78 is 34.3. The van der Waals surface area contributed by atoms with Crippen molar-refractivity contribution in [1.29, 1.82) is 0 Å². The molecule has 2 aromatic carbocycles. The molecule has 1 atom stereocenters. The van der Waals surface area contributed by atoms with E-state index in [9.17, 15) is 13.2 Å². The van der Waals surface area contributed by atoms with Gasteiger partial charge in [-0.1, -0.05) is 29.0 Å². The Morgan fingerprint density at radius 2 is 1.79 bits per heavy atom. The van der Waals surface area contributed by atoms with Crippen LogP contribution in [0.15, 0.2) is 47.4 Å². The van der Waals surface area contributed by atoms with E-state index in [-0.39, 0.29) is 10.8 Å². The number of sulfonamides is 1. The standard InChI is InChI=1S/C24H28N4O4S2/c1-17-5-8-19(9-6-17)34(30,31)28-11-3-4-21(28)23(29)26-12-14-27(15-13-26)24-25-20-10-7-18(32-2)16-22(20)33-24/h5-10,16,21H,3-4,11-15H2,1-2H3/t21-/m0/s1. The Bertz CT molecular complexity index is 1300. The predicted octanol–water partition coefficient (Wildman–Crippen LogP) is 3.12. The van der Waals surface area contributed by atoms with Gasteiger partial charge in [-0.05, 0) is 50.1 Å². The molecule has 8 nitrogen and oxygen atoms in total. The van der Waals surface area contributed by atoms with Crippen LogP contribution in [0.4, 0.5) is 5.13 Å². The largest absolute Gasteiger partial charge is 0.497 e. The van der Waals surface area contributed by atoms with Gasteiger partial charge in [-0.15, -0.1) is 0 Å². The number of carbonyl (C=O) groups excluding carboxylic acids is 1. The molecule has 0 radical (unpaired) electrons. The summed E-state index contributed by atoms with van der Waals surface area (Å²) in [6, 6.07) is 12.0. The fourth-order valence-electron chi connectivity index (χ4n) is 4.60. The molecule has 5 rings (SSSR count). The highest BCUT2D eigenvalue weighted by Gasteiger charge is 2.41. The predicted molar refractivity (Wildman–Crippen MR) is 133 cm³/mol. The number of thiazole rings is 1. The smallest absolute Gasteiger partial charge is 0.243 e. The maximum atomic E-state index is 13.4. The molecule has 1 amide bonds. The normalized spacial score (nSPS) is 19.6. The first kappa shape index (κ1) is 23.1. The van der Waals surface area contributed by atoms with Crippen molar-refractivity contribution in [3.8, 4) is 5.75 Å². The van der Waals surface area contributed by atoms with E-state index in [1.54, 1.807) is 47.6 Å². The second-order valence-electron chi connectivity index (χ2n) is 8.73. The lowest BCUT2D eigenvalue weighted by molar-refractivity contribution is -0.134. The highest BCUT2D eigenvalue weighted by Crippen LogP contribution is 2.32. The molecule has 0 spiro atoms. The molecule has 3 heterocycles. The molecule has 2 aliphatic heterocycles. The first-order valence-electron chi connectivity index (χ1n) is 11.4. The maximum absolute atomic E-state index is 13.4. The van der Waals surface area contributed by atoms with Gasteiger partial charge in [0.25, 0.3) is 0 Å². The third kappa shape index (κ3) is 4.25. The van der Waals surface area contributed by atoms with E-state index in [4.69, 9.17) is 9.72 Å². The minimum absolute atomic E-state index is 0.0955. The van der Waals surface area contributed by atoms with Gasteiger partial charge in [-0.25, -0.2) is 13.4 Å². The number of rotatable bonds is 5. The van der Waals surface area contributed by atoms with Crippen molar-refractivity contribution in [3.63, 3.8) is 0 Å². The lowest BCUT2D eigenvalue weighted by Crippen LogP contribution is -2.54. The van der Waals surface area contributed by atoms with E-state index in [2.05, 4.69) is 4.90 Å². The zero-order chi connectivity index (χ0) is 23.9. The number of carbonyl (C=O) groups is 1. The average Bonchev–Trinajstić information content (AvgIpc) is 3.51. The van der Waals surface area contributed by atoms with Crippen LogP contribution in [0.25, 0.3) is 10.2 Å². The summed E-state index contributed by atoms with van der Waals surface area (Å²) in [5.74, 6) is 0.710. The lowest BCUT2D eigenvalue weighted by Gasteiger charge is -2.37. The summed E-state index contributed by atoms with van der Waals surface area (Å²) in [7, 11) is -2.06. The number of methoxy groups -OCH3 is 1. The van der Waals surface area contributed by atoms with Crippen molar-refractivity contribution >= 4 is 42.6 Å². The lowest BCUT2D eigenvalue weighted by atomic mass is 10.2. The number of hydrogen-bond acceptors (Lipinski definition) is 7. The van der Waals surface area contributed by atoms with Crippen LogP contribution in [0.5, 0.6) is 5.75 Å². The number of aromatic nitrogens is 1. The first-order chi connectivity index (χ1) is 16.4. The molecule has 0 bridgehead atoms. The maximum Gasteiger partial charge on any atom is 0.243 e. The van der Waals surface area contributed by atoms with Crippen molar-refractivity contribution in [1.82, 2.24) is 14.2 Å². The topological polar surface area (TPSA) is 83.1 Å². The van der Waals surface area contributed by atoms with Gasteiger partial charge in [-0.3, -0.25) is 4.79 Å². The Hall–Kier alpha value is -2.69. The van der Waals surface area contributed by atoms with E-state index < -0.39 is 16.1 Å². The molecule has 2 saturated heterocycles. The van der Waals surface area contributed by atoms with Crippen molar-refractivity contribution in [3.05, 3.63) is 48.0 Å². The zero-order valence-electron chi connectivity index (χ0n) is 19.3. The van der Waals surface area contributed by atoms with Gasteiger partial charge in [0.15, 0.2) is 5.13 Å². The van der Waals surface area contributed by atoms with Crippen molar-refractivity contribution in [2.45, 2.75) is 30.7 Å². The van der Waals surface area contributed by atoms with E-state index in [1.807, 2.05) is 25.1 Å². The van der Waals surface area contributed by atoms with Crippen LogP contribution in [0.2, 0.25) is 0 Å². The Labute approximate surface area is 203 Å². The molecular formula is C24H28N4O4S2. The number of fused-ring (bicyclic) bond motifs is 1. The van der Waals surface area contributed by atoms with Gasteiger partial charge in [0.05, 0.1) is 22.2 Å². The van der Waals surface area contributed by atoms with E-state index in [0.717, 1.165) is 26.7 Å². The molecule has 3 aromatic rings. The van der Waals surface area contributed by atoms with Crippen molar-refractivity contribution in [2.75, 3.05) is 44.7 Å². The Kier molecular flexibility index (Phi) is 6.22. The van der Waals surface area contributed by atoms with E-state index in [0.29, 0.717) is 45.6 Å². The van der Waals surface area contributed by atoms with Gasteiger partial charge in [-0.2, -0.15) is 4.31 Å². The van der Waals surface area contributed by atoms with Crippen LogP contribution in [-0.4, -0.2) is 74.4 Å². The fourth-order valence-corrected chi connectivity index (χ4v) is 7.30. The number of anilines is 1. The molecular weight excluding hydrogens is 472 g/mol. The molecule has 180 valence electrons. The Morgan fingerprint density at radius 1 is 1.06 bits per heavy atom. The quantitative estimate of drug-likeness (QED) is 0.535. The van der Waals surface area contributed by atoms with Gasteiger partial charge in [0.1, 0.15) is 11.8 Å². The van der Waals surface area contributed by atoms with E-state index in [1.165, 1.54) is 4.31 Å². The van der Waals surface area contributed by atoms with Gasteiger partial charge in [0, 0.05) is 32.7 Å². The number of aryl methyl sites for hydroxylation is 1. The van der Waals surface area contributed by atoms with Crippen LogP contribution in [0.1, 0.15) is 18.4 Å². The molecule has 34 heavy (non-hydrogen) atoms. The minimum atomic E-state index is -3.71. The SMILES string of the molecule is COc1ccc2nc(N3CCN(C(=O)[C@@H]4CCCN4S(=O)(=O)c4ccc(C)cc4)CC3)sc2c1. The highest BCUT2D eigenvalue weighted by atomic mass is 32.2. The van der Waals surface area contributed by atoms with Gasteiger partial charge < -0.3 is 14.5 Å². The first-order valence-corrected chi connectivity index (χ1v) is 13.7. The number of benzene rings is 2. The molecule has 0 aliphatic carbocycles. The Balaban J connectivity index is 1.26. The number of hydrogen-bond donors (Lipinski definition) is 0. The number of piperazine rings is 1. The van der Waals surface area contributed by atoms with E-state index >= 15 is 0 Å². The third-order valence-electron chi connectivity index (χ3n) is 6.56. The molecule has 10 heteroatoms. The number of amides is 1. The average molecular weight is 501 g/mol. The van der Waals surface area contributed by atoms with Crippen LogP contribution in [0, 0.1) is 6.92 Å². The van der Waals surface area contributed by atoms with Crippen LogP contribution in [0.3, 0.4) is 0 Å². The van der Waals surface area contributed by atoms with Crippen molar-refractivity contribution in [2.24, 2.45) is 0 Å². The van der Waals surface area contributed by atoms with Crippen LogP contribution < -0.4 is 9.64 Å². The second kappa shape index (κ2) is 9.16. The second-order valence-corrected chi connectivity index (χ2v) is 11.6. The fraction of sp³-hybridized carbons (Fsp3) is 0.417. The molecule has 0 unspecified atom stereocenters. The summed E-state index contributed by atoms with van der Waals surface area (Å²) in [5.41, 5.74) is 1.93.